The molecular formula is C11H12O2. The van der Waals surface area contributed by atoms with Gasteiger partial charge in [0.05, 0.1) is 6.61 Å². The third kappa shape index (κ3) is 3.18. The third-order valence-electron chi connectivity index (χ3n) is 1.53. The zero-order valence-electron chi connectivity index (χ0n) is 7.62. The van der Waals surface area contributed by atoms with Crippen LogP contribution in [-0.2, 0) is 11.3 Å². The van der Waals surface area contributed by atoms with Crippen molar-refractivity contribution in [3.63, 3.8) is 0 Å². The van der Waals surface area contributed by atoms with Crippen molar-refractivity contribution in [1.82, 2.24) is 0 Å². The van der Waals surface area contributed by atoms with Crippen molar-refractivity contribution >= 4 is 0 Å². The van der Waals surface area contributed by atoms with E-state index in [1.807, 2.05) is 24.3 Å². The van der Waals surface area contributed by atoms with Gasteiger partial charge in [-0.05, 0) is 17.7 Å². The predicted octanol–water partition coefficient (Wildman–Crippen LogP) is 1.84. The van der Waals surface area contributed by atoms with Crippen molar-refractivity contribution in [3.8, 4) is 18.1 Å². The molecule has 0 aliphatic carbocycles. The molecule has 0 heterocycles. The number of methoxy groups -OCH3 is 1. The van der Waals surface area contributed by atoms with Crippen LogP contribution in [0.15, 0.2) is 24.3 Å². The second-order valence-corrected chi connectivity index (χ2v) is 2.57. The van der Waals surface area contributed by atoms with Crippen molar-refractivity contribution < 1.29 is 9.47 Å². The first-order valence-corrected chi connectivity index (χ1v) is 4.01. The second kappa shape index (κ2) is 5.23. The quantitative estimate of drug-likeness (QED) is 0.652. The van der Waals surface area contributed by atoms with Gasteiger partial charge in [-0.3, -0.25) is 0 Å². The standard InChI is InChI=1S/C11H12O2/c1-3-7-13-11-6-4-5-10(8-11)9-12-2/h1,4-6,8H,7,9H2,2H3. The van der Waals surface area contributed by atoms with Gasteiger partial charge in [-0.1, -0.05) is 18.1 Å². The number of hydrogen-bond acceptors (Lipinski definition) is 2. The van der Waals surface area contributed by atoms with E-state index in [9.17, 15) is 0 Å². The lowest BCUT2D eigenvalue weighted by Crippen LogP contribution is -1.94. The highest BCUT2D eigenvalue weighted by atomic mass is 16.5. The Morgan fingerprint density at radius 1 is 1.46 bits per heavy atom. The van der Waals surface area contributed by atoms with Crippen LogP contribution in [0.1, 0.15) is 5.56 Å². The Kier molecular flexibility index (Phi) is 3.87. The fourth-order valence-corrected chi connectivity index (χ4v) is 1.02. The lowest BCUT2D eigenvalue weighted by Gasteiger charge is -2.04. The van der Waals surface area contributed by atoms with E-state index in [0.717, 1.165) is 11.3 Å². The van der Waals surface area contributed by atoms with E-state index in [1.54, 1.807) is 7.11 Å². The fraction of sp³-hybridized carbons (Fsp3) is 0.273. The minimum Gasteiger partial charge on any atom is -0.481 e. The number of ether oxygens (including phenoxy) is 2. The van der Waals surface area contributed by atoms with Gasteiger partial charge < -0.3 is 9.47 Å². The van der Waals surface area contributed by atoms with Crippen LogP contribution in [0.4, 0.5) is 0 Å². The molecule has 1 aromatic rings. The van der Waals surface area contributed by atoms with E-state index < -0.39 is 0 Å². The van der Waals surface area contributed by atoms with Crippen LogP contribution in [0.3, 0.4) is 0 Å². The molecule has 68 valence electrons. The van der Waals surface area contributed by atoms with E-state index in [-0.39, 0.29) is 0 Å². The van der Waals surface area contributed by atoms with Crippen LogP contribution in [0.25, 0.3) is 0 Å². The van der Waals surface area contributed by atoms with Gasteiger partial charge in [0.15, 0.2) is 0 Å². The van der Waals surface area contributed by atoms with Crippen molar-refractivity contribution in [3.05, 3.63) is 29.8 Å². The zero-order valence-corrected chi connectivity index (χ0v) is 7.62. The fourth-order valence-electron chi connectivity index (χ4n) is 1.02. The van der Waals surface area contributed by atoms with Crippen LogP contribution >= 0.6 is 0 Å². The van der Waals surface area contributed by atoms with Gasteiger partial charge in [-0.15, -0.1) is 6.42 Å². The van der Waals surface area contributed by atoms with Crippen LogP contribution in [-0.4, -0.2) is 13.7 Å². The van der Waals surface area contributed by atoms with Gasteiger partial charge in [-0.2, -0.15) is 0 Å². The Morgan fingerprint density at radius 2 is 2.31 bits per heavy atom. The molecule has 0 aliphatic heterocycles. The van der Waals surface area contributed by atoms with Gasteiger partial charge >= 0.3 is 0 Å². The summed E-state index contributed by atoms with van der Waals surface area (Å²) in [5.74, 6) is 3.20. The maximum Gasteiger partial charge on any atom is 0.148 e. The summed E-state index contributed by atoms with van der Waals surface area (Å²) in [4.78, 5) is 0. The van der Waals surface area contributed by atoms with Crippen molar-refractivity contribution in [2.45, 2.75) is 6.61 Å². The van der Waals surface area contributed by atoms with Crippen molar-refractivity contribution in [2.24, 2.45) is 0 Å². The summed E-state index contributed by atoms with van der Waals surface area (Å²) in [6, 6.07) is 7.68. The van der Waals surface area contributed by atoms with E-state index in [4.69, 9.17) is 15.9 Å². The van der Waals surface area contributed by atoms with E-state index in [1.165, 1.54) is 0 Å². The first-order valence-electron chi connectivity index (χ1n) is 4.01. The molecule has 2 heteroatoms. The third-order valence-corrected chi connectivity index (χ3v) is 1.53. The zero-order chi connectivity index (χ0) is 9.52. The number of terminal acetylenes is 1. The van der Waals surface area contributed by atoms with Gasteiger partial charge in [0.2, 0.25) is 0 Å². The summed E-state index contributed by atoms with van der Waals surface area (Å²) in [5, 5.41) is 0. The van der Waals surface area contributed by atoms with Crippen LogP contribution in [0.2, 0.25) is 0 Å². The summed E-state index contributed by atoms with van der Waals surface area (Å²) >= 11 is 0. The molecule has 2 nitrogen and oxygen atoms in total. The largest absolute Gasteiger partial charge is 0.481 e. The predicted molar refractivity (Wildman–Crippen MR) is 51.5 cm³/mol. The number of hydrogen-bond donors (Lipinski definition) is 0. The topological polar surface area (TPSA) is 18.5 Å². The molecule has 0 radical (unpaired) electrons. The average Bonchev–Trinajstić information content (AvgIpc) is 2.16. The average molecular weight is 176 g/mol. The lowest BCUT2D eigenvalue weighted by atomic mass is 10.2. The molecule has 0 aliphatic rings. The normalized spacial score (nSPS) is 9.23. The molecule has 0 atom stereocenters. The van der Waals surface area contributed by atoms with E-state index >= 15 is 0 Å². The van der Waals surface area contributed by atoms with Gasteiger partial charge in [0.1, 0.15) is 12.4 Å². The molecule has 0 bridgehead atoms. The molecule has 0 N–H and O–H groups in total. The molecule has 0 saturated heterocycles. The summed E-state index contributed by atoms with van der Waals surface area (Å²) in [7, 11) is 1.66. The van der Waals surface area contributed by atoms with Crippen LogP contribution < -0.4 is 4.74 Å². The molecule has 0 amide bonds. The molecular weight excluding hydrogens is 164 g/mol. The molecule has 0 unspecified atom stereocenters. The SMILES string of the molecule is C#CCOc1cccc(COC)c1. The number of benzene rings is 1. The molecule has 0 fully saturated rings. The highest BCUT2D eigenvalue weighted by Gasteiger charge is 1.94. The Bertz CT molecular complexity index is 299. The smallest absolute Gasteiger partial charge is 0.148 e. The second-order valence-electron chi connectivity index (χ2n) is 2.57. The first kappa shape index (κ1) is 9.63. The van der Waals surface area contributed by atoms with Gasteiger partial charge in [0, 0.05) is 7.11 Å². The van der Waals surface area contributed by atoms with Crippen molar-refractivity contribution in [1.29, 1.82) is 0 Å². The Morgan fingerprint density at radius 3 is 3.00 bits per heavy atom. The minimum absolute atomic E-state index is 0.302. The Hall–Kier alpha value is -1.46. The molecule has 1 aromatic carbocycles. The van der Waals surface area contributed by atoms with Gasteiger partial charge in [-0.25, -0.2) is 0 Å². The summed E-state index contributed by atoms with van der Waals surface area (Å²) in [5.41, 5.74) is 1.08. The summed E-state index contributed by atoms with van der Waals surface area (Å²) in [6.07, 6.45) is 5.07. The molecule has 0 aromatic heterocycles. The Labute approximate surface area is 78.5 Å². The van der Waals surface area contributed by atoms with Gasteiger partial charge in [0.25, 0.3) is 0 Å². The maximum absolute atomic E-state index is 5.25. The van der Waals surface area contributed by atoms with Crippen LogP contribution in [0, 0.1) is 12.3 Å². The summed E-state index contributed by atoms with van der Waals surface area (Å²) in [6.45, 7) is 0.893. The molecule has 0 saturated carbocycles. The molecule has 13 heavy (non-hydrogen) atoms. The molecule has 0 spiro atoms. The van der Waals surface area contributed by atoms with Crippen molar-refractivity contribution in [2.75, 3.05) is 13.7 Å². The highest BCUT2D eigenvalue weighted by molar-refractivity contribution is 5.28. The Balaban J connectivity index is 2.63. The monoisotopic (exact) mass is 176 g/mol. The van der Waals surface area contributed by atoms with E-state index in [0.29, 0.717) is 13.2 Å². The van der Waals surface area contributed by atoms with E-state index in [2.05, 4.69) is 5.92 Å². The minimum atomic E-state index is 0.302. The lowest BCUT2D eigenvalue weighted by molar-refractivity contribution is 0.184. The summed E-state index contributed by atoms with van der Waals surface area (Å²) < 4.78 is 10.2. The molecule has 1 rings (SSSR count). The first-order chi connectivity index (χ1) is 6.36. The highest BCUT2D eigenvalue weighted by Crippen LogP contribution is 2.13. The maximum atomic E-state index is 5.25. The van der Waals surface area contributed by atoms with Crippen LogP contribution in [0.5, 0.6) is 5.75 Å². The number of rotatable bonds is 4.